The van der Waals surface area contributed by atoms with E-state index in [1.54, 1.807) is 6.07 Å². The molecule has 0 aromatic heterocycles. The molecule has 0 N–H and O–H groups in total. The first kappa shape index (κ1) is 14.9. The number of hydrogen-bond acceptors (Lipinski definition) is 3. The van der Waals surface area contributed by atoms with Gasteiger partial charge in [0.05, 0.1) is 11.6 Å². The molecule has 19 heavy (non-hydrogen) atoms. The van der Waals surface area contributed by atoms with Gasteiger partial charge in [-0.1, -0.05) is 29.3 Å². The lowest BCUT2D eigenvalue weighted by molar-refractivity contribution is -0.0290. The molecule has 1 atom stereocenters. The third-order valence-electron chi connectivity index (χ3n) is 3.19. The maximum atomic E-state index is 6.16. The van der Waals surface area contributed by atoms with E-state index in [2.05, 4.69) is 4.90 Å². The van der Waals surface area contributed by atoms with Crippen LogP contribution in [0.3, 0.4) is 0 Å². The summed E-state index contributed by atoms with van der Waals surface area (Å²) in [6.45, 7) is 5.27. The highest BCUT2D eigenvalue weighted by Gasteiger charge is 2.24. The molecule has 106 valence electrons. The van der Waals surface area contributed by atoms with Gasteiger partial charge in [-0.3, -0.25) is 4.90 Å². The highest BCUT2D eigenvalue weighted by Crippen LogP contribution is 2.32. The zero-order chi connectivity index (χ0) is 13.7. The van der Waals surface area contributed by atoms with Crippen LogP contribution in [0.2, 0.25) is 10.0 Å². The average Bonchev–Trinajstić information content (AvgIpc) is 2.93. The van der Waals surface area contributed by atoms with Gasteiger partial charge in [0.15, 0.2) is 6.23 Å². The van der Waals surface area contributed by atoms with Gasteiger partial charge in [0.2, 0.25) is 0 Å². The van der Waals surface area contributed by atoms with Crippen molar-refractivity contribution in [2.45, 2.75) is 26.0 Å². The Labute approximate surface area is 124 Å². The monoisotopic (exact) mass is 303 g/mol. The molecule has 0 unspecified atom stereocenters. The molecule has 0 radical (unpaired) electrons. The van der Waals surface area contributed by atoms with Gasteiger partial charge in [0.25, 0.3) is 0 Å². The predicted octanol–water partition coefficient (Wildman–Crippen LogP) is 3.83. The van der Waals surface area contributed by atoms with E-state index >= 15 is 0 Å². The van der Waals surface area contributed by atoms with E-state index in [4.69, 9.17) is 32.7 Å². The summed E-state index contributed by atoms with van der Waals surface area (Å²) in [7, 11) is 0. The second-order valence-corrected chi connectivity index (χ2v) is 5.31. The lowest BCUT2D eigenvalue weighted by Crippen LogP contribution is -2.41. The zero-order valence-corrected chi connectivity index (χ0v) is 12.6. The van der Waals surface area contributed by atoms with Gasteiger partial charge >= 0.3 is 0 Å². The molecule has 5 heteroatoms. The second-order valence-electron chi connectivity index (χ2n) is 4.53. The number of nitrogens with zero attached hydrogens (tertiary/aromatic N) is 1. The van der Waals surface area contributed by atoms with Crippen molar-refractivity contribution in [3.63, 3.8) is 0 Å². The Morgan fingerprint density at radius 1 is 1.26 bits per heavy atom. The molecule has 0 amide bonds. The summed E-state index contributed by atoms with van der Waals surface area (Å²) in [4.78, 5) is 2.28. The van der Waals surface area contributed by atoms with Crippen LogP contribution in [-0.2, 0) is 4.74 Å². The minimum Gasteiger partial charge on any atom is -0.471 e. The number of halogens is 2. The standard InChI is InChI=1S/C14H19Cl2NO2/c1-2-18-10-13(17-8-3-4-9-17)19-12-7-5-6-11(15)14(12)16/h5-7,13H,2-4,8-10H2,1H3/t13-/m1/s1. The van der Waals surface area contributed by atoms with Crippen LogP contribution >= 0.6 is 23.2 Å². The zero-order valence-electron chi connectivity index (χ0n) is 11.1. The normalized spacial score (nSPS) is 17.6. The molecular weight excluding hydrogens is 285 g/mol. The Bertz CT molecular complexity index is 408. The Balaban J connectivity index is 2.07. The Hall–Kier alpha value is -0.480. The summed E-state index contributed by atoms with van der Waals surface area (Å²) < 4.78 is 11.5. The lowest BCUT2D eigenvalue weighted by Gasteiger charge is -2.28. The van der Waals surface area contributed by atoms with Crippen molar-refractivity contribution < 1.29 is 9.47 Å². The van der Waals surface area contributed by atoms with Crippen molar-refractivity contribution >= 4 is 23.2 Å². The third kappa shape index (κ3) is 3.99. The Kier molecular flexibility index (Phi) is 5.76. The van der Waals surface area contributed by atoms with E-state index in [-0.39, 0.29) is 6.23 Å². The quantitative estimate of drug-likeness (QED) is 0.797. The number of benzene rings is 1. The maximum absolute atomic E-state index is 6.16. The SMILES string of the molecule is CCOC[C@@H](Oc1cccc(Cl)c1Cl)N1CCCC1. The Morgan fingerprint density at radius 2 is 2.00 bits per heavy atom. The summed E-state index contributed by atoms with van der Waals surface area (Å²) in [5, 5.41) is 0.973. The molecule has 1 heterocycles. The van der Waals surface area contributed by atoms with Crippen molar-refractivity contribution in [2.24, 2.45) is 0 Å². The largest absolute Gasteiger partial charge is 0.471 e. The van der Waals surface area contributed by atoms with Crippen molar-refractivity contribution in [1.82, 2.24) is 4.90 Å². The van der Waals surface area contributed by atoms with Crippen LogP contribution in [0.4, 0.5) is 0 Å². The molecule has 0 saturated carbocycles. The van der Waals surface area contributed by atoms with Crippen LogP contribution in [0.15, 0.2) is 18.2 Å². The number of ether oxygens (including phenoxy) is 2. The van der Waals surface area contributed by atoms with Gasteiger partial charge in [0.1, 0.15) is 10.8 Å². The number of rotatable bonds is 6. The topological polar surface area (TPSA) is 21.7 Å². The van der Waals surface area contributed by atoms with Crippen molar-refractivity contribution in [1.29, 1.82) is 0 Å². The van der Waals surface area contributed by atoms with Crippen LogP contribution < -0.4 is 4.74 Å². The van der Waals surface area contributed by atoms with E-state index in [1.165, 1.54) is 12.8 Å². The van der Waals surface area contributed by atoms with E-state index in [9.17, 15) is 0 Å². The maximum Gasteiger partial charge on any atom is 0.176 e. The summed E-state index contributed by atoms with van der Waals surface area (Å²) in [6.07, 6.45) is 2.31. The molecule has 0 spiro atoms. The highest BCUT2D eigenvalue weighted by molar-refractivity contribution is 6.42. The molecule has 1 fully saturated rings. The summed E-state index contributed by atoms with van der Waals surface area (Å²) >= 11 is 12.2. The first-order valence-corrected chi connectivity index (χ1v) is 7.40. The molecule has 1 aromatic carbocycles. The van der Waals surface area contributed by atoms with E-state index in [0.717, 1.165) is 13.1 Å². The van der Waals surface area contributed by atoms with Crippen molar-refractivity contribution in [3.8, 4) is 5.75 Å². The minimum absolute atomic E-state index is 0.0987. The van der Waals surface area contributed by atoms with Crippen LogP contribution in [-0.4, -0.2) is 37.4 Å². The molecular formula is C14H19Cl2NO2. The molecule has 0 aliphatic carbocycles. The molecule has 1 saturated heterocycles. The molecule has 1 aromatic rings. The molecule has 3 nitrogen and oxygen atoms in total. The van der Waals surface area contributed by atoms with Gasteiger partial charge in [-0.25, -0.2) is 0 Å². The lowest BCUT2D eigenvalue weighted by atomic mass is 10.3. The average molecular weight is 304 g/mol. The van der Waals surface area contributed by atoms with Crippen LogP contribution in [0, 0.1) is 0 Å². The van der Waals surface area contributed by atoms with Crippen LogP contribution in [0.25, 0.3) is 0 Å². The Morgan fingerprint density at radius 3 is 2.68 bits per heavy atom. The van der Waals surface area contributed by atoms with Gasteiger partial charge in [0, 0.05) is 19.7 Å². The molecule has 1 aliphatic heterocycles. The van der Waals surface area contributed by atoms with Crippen molar-refractivity contribution in [2.75, 3.05) is 26.3 Å². The fourth-order valence-electron chi connectivity index (χ4n) is 2.18. The van der Waals surface area contributed by atoms with Crippen molar-refractivity contribution in [3.05, 3.63) is 28.2 Å². The minimum atomic E-state index is -0.0987. The van der Waals surface area contributed by atoms with Gasteiger partial charge in [-0.2, -0.15) is 0 Å². The van der Waals surface area contributed by atoms with E-state index in [1.807, 2.05) is 19.1 Å². The molecule has 1 aliphatic rings. The first-order valence-electron chi connectivity index (χ1n) is 6.65. The van der Waals surface area contributed by atoms with E-state index < -0.39 is 0 Å². The number of likely N-dealkylation sites (tertiary alicyclic amines) is 1. The smallest absolute Gasteiger partial charge is 0.176 e. The fourth-order valence-corrected chi connectivity index (χ4v) is 2.52. The van der Waals surface area contributed by atoms with Crippen LogP contribution in [0.1, 0.15) is 19.8 Å². The number of hydrogen-bond donors (Lipinski definition) is 0. The summed E-state index contributed by atoms with van der Waals surface area (Å²) in [5.74, 6) is 0.616. The second kappa shape index (κ2) is 7.34. The third-order valence-corrected chi connectivity index (χ3v) is 3.99. The van der Waals surface area contributed by atoms with Gasteiger partial charge < -0.3 is 9.47 Å². The first-order chi connectivity index (χ1) is 9.22. The predicted molar refractivity (Wildman–Crippen MR) is 78.2 cm³/mol. The highest BCUT2D eigenvalue weighted by atomic mass is 35.5. The fraction of sp³-hybridized carbons (Fsp3) is 0.571. The van der Waals surface area contributed by atoms with E-state index in [0.29, 0.717) is 29.0 Å². The summed E-state index contributed by atoms with van der Waals surface area (Å²) in [6, 6.07) is 5.43. The van der Waals surface area contributed by atoms with Gasteiger partial charge in [-0.15, -0.1) is 0 Å². The summed E-state index contributed by atoms with van der Waals surface area (Å²) in [5.41, 5.74) is 0. The molecule has 0 bridgehead atoms. The van der Waals surface area contributed by atoms with Crippen LogP contribution in [0.5, 0.6) is 5.75 Å². The molecule has 2 rings (SSSR count). The van der Waals surface area contributed by atoms with Gasteiger partial charge in [-0.05, 0) is 31.9 Å².